The van der Waals surface area contributed by atoms with Gasteiger partial charge < -0.3 is 9.84 Å². The van der Waals surface area contributed by atoms with Gasteiger partial charge in [0.1, 0.15) is 5.75 Å². The number of ketones is 1. The standard InChI is InChI=1S/C31H42O3S/c1-8-9-21(2)35-23(4)26-15-25(22(3)32)16-28(17-26)34-29-19-31(20-29)13-10-24(18-31)14-27(33)11-12-30(5,6)7/h8-10,15-17,27,29,33H,1,4,11-14,18-20H2,2-3,5-7H3/b21-9-. The van der Waals surface area contributed by atoms with Crippen molar-refractivity contribution in [1.82, 2.24) is 0 Å². The second-order valence-electron chi connectivity index (χ2n) is 11.7. The number of rotatable bonds is 11. The summed E-state index contributed by atoms with van der Waals surface area (Å²) in [4.78, 5) is 14.1. The van der Waals surface area contributed by atoms with Crippen molar-refractivity contribution in [2.75, 3.05) is 0 Å². The topological polar surface area (TPSA) is 46.5 Å². The van der Waals surface area contributed by atoms with Gasteiger partial charge in [-0.15, -0.1) is 0 Å². The number of Topliss-reactive ketones (excluding diaryl/α,β-unsaturated/α-hetero) is 1. The first-order chi connectivity index (χ1) is 16.4. The van der Waals surface area contributed by atoms with Crippen molar-refractivity contribution in [2.45, 2.75) is 91.8 Å². The monoisotopic (exact) mass is 494 g/mol. The van der Waals surface area contributed by atoms with Crippen LogP contribution in [0.3, 0.4) is 0 Å². The molecule has 0 aliphatic heterocycles. The summed E-state index contributed by atoms with van der Waals surface area (Å²) in [6.45, 7) is 18.2. The van der Waals surface area contributed by atoms with Crippen molar-refractivity contribution < 1.29 is 14.6 Å². The highest BCUT2D eigenvalue weighted by Crippen LogP contribution is 2.54. The average molecular weight is 495 g/mol. The fraction of sp³-hybridized carbons (Fsp3) is 0.516. The SMILES string of the molecule is C=C/C=C(/C)SC(=C)c1cc(OC2CC3(CC=C(CC(O)CCC(C)(C)C)C3)C2)cc(C(C)=O)c1. The van der Waals surface area contributed by atoms with Crippen LogP contribution >= 0.6 is 11.8 Å². The van der Waals surface area contributed by atoms with Crippen LogP contribution in [0.25, 0.3) is 4.91 Å². The Morgan fingerprint density at radius 1 is 1.26 bits per heavy atom. The fourth-order valence-corrected chi connectivity index (χ4v) is 5.91. The second-order valence-corrected chi connectivity index (χ2v) is 13.0. The van der Waals surface area contributed by atoms with E-state index in [2.05, 4.69) is 40.0 Å². The maximum atomic E-state index is 12.2. The van der Waals surface area contributed by atoms with Gasteiger partial charge in [0.25, 0.3) is 0 Å². The zero-order chi connectivity index (χ0) is 25.8. The number of aliphatic hydroxyl groups is 1. The van der Waals surface area contributed by atoms with E-state index in [1.165, 1.54) is 5.57 Å². The number of carbonyl (C=O) groups is 1. The third-order valence-electron chi connectivity index (χ3n) is 7.05. The first-order valence-electron chi connectivity index (χ1n) is 12.7. The van der Waals surface area contributed by atoms with E-state index in [4.69, 9.17) is 4.74 Å². The molecule has 1 saturated carbocycles. The van der Waals surface area contributed by atoms with Crippen LogP contribution in [0.2, 0.25) is 0 Å². The van der Waals surface area contributed by atoms with Crippen LogP contribution in [0.1, 0.15) is 95.5 Å². The molecule has 1 aromatic rings. The van der Waals surface area contributed by atoms with Gasteiger partial charge in [0, 0.05) is 10.5 Å². The molecule has 2 aliphatic rings. The molecule has 1 aromatic carbocycles. The maximum absolute atomic E-state index is 12.2. The molecule has 4 heteroatoms. The average Bonchev–Trinajstić information content (AvgIpc) is 3.15. The molecular weight excluding hydrogens is 452 g/mol. The van der Waals surface area contributed by atoms with E-state index in [1.54, 1.807) is 24.8 Å². The minimum absolute atomic E-state index is 0.0209. The lowest BCUT2D eigenvalue weighted by Gasteiger charge is -2.45. The van der Waals surface area contributed by atoms with Crippen LogP contribution in [-0.4, -0.2) is 23.1 Å². The molecule has 0 aromatic heterocycles. The van der Waals surface area contributed by atoms with E-state index in [9.17, 15) is 9.90 Å². The van der Waals surface area contributed by atoms with E-state index in [1.807, 2.05) is 31.2 Å². The lowest BCUT2D eigenvalue weighted by Crippen LogP contribution is -2.42. The van der Waals surface area contributed by atoms with Gasteiger partial charge >= 0.3 is 0 Å². The maximum Gasteiger partial charge on any atom is 0.159 e. The number of hydrogen-bond donors (Lipinski definition) is 1. The summed E-state index contributed by atoms with van der Waals surface area (Å²) in [6.07, 6.45) is 12.9. The molecule has 0 saturated heterocycles. The van der Waals surface area contributed by atoms with Gasteiger partial charge in [-0.2, -0.15) is 0 Å². The number of aliphatic hydroxyl groups excluding tert-OH is 1. The van der Waals surface area contributed by atoms with E-state index >= 15 is 0 Å². The predicted octanol–water partition coefficient (Wildman–Crippen LogP) is 8.51. The number of carbonyl (C=O) groups excluding carboxylic acids is 1. The molecule has 190 valence electrons. The van der Waals surface area contributed by atoms with Crippen LogP contribution in [0.15, 0.2) is 60.1 Å². The number of allylic oxidation sites excluding steroid dienone is 4. The molecular formula is C31H42O3S. The van der Waals surface area contributed by atoms with E-state index in [-0.39, 0.29) is 28.8 Å². The lowest BCUT2D eigenvalue weighted by atomic mass is 9.64. The summed E-state index contributed by atoms with van der Waals surface area (Å²) in [5, 5.41) is 10.5. The van der Waals surface area contributed by atoms with E-state index in [0.29, 0.717) is 5.56 Å². The molecule has 1 N–H and O–H groups in total. The zero-order valence-electron chi connectivity index (χ0n) is 22.2. The molecule has 1 unspecified atom stereocenters. The molecule has 3 rings (SSSR count). The highest BCUT2D eigenvalue weighted by atomic mass is 32.2. The Bertz CT molecular complexity index is 1020. The van der Waals surface area contributed by atoms with Gasteiger partial charge in [0.05, 0.1) is 12.2 Å². The Balaban J connectivity index is 1.56. The van der Waals surface area contributed by atoms with Gasteiger partial charge in [-0.05, 0) is 98.3 Å². The van der Waals surface area contributed by atoms with Gasteiger partial charge in [0.15, 0.2) is 5.78 Å². The Kier molecular flexibility index (Phi) is 8.93. The molecule has 1 spiro atoms. The molecule has 2 aliphatic carbocycles. The molecule has 3 nitrogen and oxygen atoms in total. The van der Waals surface area contributed by atoms with Gasteiger partial charge in [-0.1, -0.05) is 69.5 Å². The minimum Gasteiger partial charge on any atom is -0.490 e. The smallest absolute Gasteiger partial charge is 0.159 e. The Labute approximate surface area is 216 Å². The van der Waals surface area contributed by atoms with Crippen molar-refractivity contribution in [3.05, 3.63) is 71.2 Å². The molecule has 0 radical (unpaired) electrons. The molecule has 1 atom stereocenters. The summed E-state index contributed by atoms with van der Waals surface area (Å²) in [6, 6.07) is 5.75. The summed E-state index contributed by atoms with van der Waals surface area (Å²) in [5.74, 6) is 0.760. The summed E-state index contributed by atoms with van der Waals surface area (Å²) in [7, 11) is 0. The van der Waals surface area contributed by atoms with Crippen LogP contribution in [0.5, 0.6) is 5.75 Å². The zero-order valence-corrected chi connectivity index (χ0v) is 23.0. The van der Waals surface area contributed by atoms with Gasteiger partial charge in [0.2, 0.25) is 0 Å². The predicted molar refractivity (Wildman–Crippen MR) is 150 cm³/mol. The van der Waals surface area contributed by atoms with Crippen molar-refractivity contribution in [3.63, 3.8) is 0 Å². The Hall–Kier alpha value is -2.04. The van der Waals surface area contributed by atoms with Crippen LogP contribution in [-0.2, 0) is 0 Å². The largest absolute Gasteiger partial charge is 0.490 e. The van der Waals surface area contributed by atoms with E-state index in [0.717, 1.165) is 66.1 Å². The normalized spacial score (nSPS) is 23.0. The summed E-state index contributed by atoms with van der Waals surface area (Å²) >= 11 is 1.57. The van der Waals surface area contributed by atoms with Crippen molar-refractivity contribution in [2.24, 2.45) is 10.8 Å². The molecule has 0 amide bonds. The van der Waals surface area contributed by atoms with Crippen molar-refractivity contribution >= 4 is 22.5 Å². The number of hydrogen-bond acceptors (Lipinski definition) is 4. The van der Waals surface area contributed by atoms with Crippen LogP contribution < -0.4 is 4.74 Å². The molecule has 0 heterocycles. The molecule has 1 fully saturated rings. The quantitative estimate of drug-likeness (QED) is 0.190. The first kappa shape index (κ1) is 27.5. The number of benzene rings is 1. The van der Waals surface area contributed by atoms with Gasteiger partial charge in [-0.3, -0.25) is 4.79 Å². The fourth-order valence-electron chi connectivity index (χ4n) is 5.12. The van der Waals surface area contributed by atoms with Crippen LogP contribution in [0.4, 0.5) is 0 Å². The molecule has 0 bridgehead atoms. The third-order valence-corrected chi connectivity index (χ3v) is 7.99. The van der Waals surface area contributed by atoms with Gasteiger partial charge in [-0.25, -0.2) is 0 Å². The number of thioether (sulfide) groups is 1. The second kappa shape index (κ2) is 11.3. The highest BCUT2D eigenvalue weighted by Gasteiger charge is 2.47. The number of ether oxygens (including phenoxy) is 1. The highest BCUT2D eigenvalue weighted by molar-refractivity contribution is 8.11. The lowest BCUT2D eigenvalue weighted by molar-refractivity contribution is -0.00816. The van der Waals surface area contributed by atoms with Crippen molar-refractivity contribution in [3.8, 4) is 5.75 Å². The first-order valence-corrected chi connectivity index (χ1v) is 13.5. The Morgan fingerprint density at radius 2 is 1.94 bits per heavy atom. The summed E-state index contributed by atoms with van der Waals surface area (Å²) in [5.41, 5.74) is 3.51. The molecule has 35 heavy (non-hydrogen) atoms. The van der Waals surface area contributed by atoms with Crippen molar-refractivity contribution in [1.29, 1.82) is 0 Å². The van der Waals surface area contributed by atoms with E-state index < -0.39 is 0 Å². The third kappa shape index (κ3) is 7.98. The van der Waals surface area contributed by atoms with Crippen LogP contribution in [0, 0.1) is 10.8 Å². The minimum atomic E-state index is -0.244. The Morgan fingerprint density at radius 3 is 2.57 bits per heavy atom. The summed E-state index contributed by atoms with van der Waals surface area (Å²) < 4.78 is 6.36.